The molecule has 0 spiro atoms. The fourth-order valence-electron chi connectivity index (χ4n) is 2.65. The van der Waals surface area contributed by atoms with Crippen LogP contribution >= 0.6 is 22.9 Å². The molecule has 0 fully saturated rings. The summed E-state index contributed by atoms with van der Waals surface area (Å²) in [4.78, 5) is 14.3. The van der Waals surface area contributed by atoms with Gasteiger partial charge in [-0.25, -0.2) is 15.0 Å². The van der Waals surface area contributed by atoms with Gasteiger partial charge in [-0.3, -0.25) is 0 Å². The summed E-state index contributed by atoms with van der Waals surface area (Å²) in [5.74, 6) is 0.856. The first-order valence-corrected chi connectivity index (χ1v) is 9.53. The molecular formula is C19H20ClN3OS. The third kappa shape index (κ3) is 4.17. The Labute approximate surface area is 156 Å². The summed E-state index contributed by atoms with van der Waals surface area (Å²) in [6.45, 7) is 6.84. The van der Waals surface area contributed by atoms with E-state index >= 15 is 0 Å². The number of aryl methyl sites for hydroxylation is 2. The number of benzene rings is 1. The minimum atomic E-state index is 0.244. The van der Waals surface area contributed by atoms with Gasteiger partial charge in [-0.15, -0.1) is 11.3 Å². The van der Waals surface area contributed by atoms with E-state index in [1.165, 1.54) is 0 Å². The predicted molar refractivity (Wildman–Crippen MR) is 103 cm³/mol. The van der Waals surface area contributed by atoms with Crippen molar-refractivity contribution in [2.24, 2.45) is 0 Å². The zero-order valence-corrected chi connectivity index (χ0v) is 16.1. The van der Waals surface area contributed by atoms with E-state index in [1.807, 2.05) is 25.1 Å². The van der Waals surface area contributed by atoms with Gasteiger partial charge in [-0.05, 0) is 68.1 Å². The van der Waals surface area contributed by atoms with Crippen molar-refractivity contribution in [3.8, 4) is 27.6 Å². The number of hydrogen-bond acceptors (Lipinski definition) is 5. The summed E-state index contributed by atoms with van der Waals surface area (Å²) in [5.41, 5.74) is 3.90. The van der Waals surface area contributed by atoms with Crippen LogP contribution < -0.4 is 4.74 Å². The molecule has 0 saturated carbocycles. The Kier molecular flexibility index (Phi) is 5.66. The molecule has 2 aromatic heterocycles. The fraction of sp³-hybridized carbons (Fsp3) is 0.316. The molecule has 0 N–H and O–H groups in total. The summed E-state index contributed by atoms with van der Waals surface area (Å²) in [6, 6.07) is 8.07. The summed E-state index contributed by atoms with van der Waals surface area (Å²) < 4.78 is 5.70. The highest BCUT2D eigenvalue weighted by Crippen LogP contribution is 2.38. The van der Waals surface area contributed by atoms with Gasteiger partial charge in [0.2, 0.25) is 5.28 Å². The molecule has 0 saturated heterocycles. The Balaban J connectivity index is 2.15. The second kappa shape index (κ2) is 7.93. The van der Waals surface area contributed by atoms with Gasteiger partial charge < -0.3 is 4.74 Å². The highest BCUT2D eigenvalue weighted by Gasteiger charge is 2.17. The number of halogens is 1. The van der Waals surface area contributed by atoms with Gasteiger partial charge in [0.25, 0.3) is 0 Å². The van der Waals surface area contributed by atoms with Crippen LogP contribution in [0.3, 0.4) is 0 Å². The van der Waals surface area contributed by atoms with E-state index in [0.29, 0.717) is 6.61 Å². The molecule has 130 valence electrons. The molecule has 6 heteroatoms. The SMILES string of the molecule is CCCc1nc(-c2cc(C)cc(OCC)c2)c(-c2ccnc(Cl)n2)s1. The van der Waals surface area contributed by atoms with Crippen molar-refractivity contribution >= 4 is 22.9 Å². The number of thiazole rings is 1. The first kappa shape index (κ1) is 17.8. The number of aromatic nitrogens is 3. The summed E-state index contributed by atoms with van der Waals surface area (Å²) in [5, 5.41) is 1.34. The lowest BCUT2D eigenvalue weighted by Gasteiger charge is -2.08. The lowest BCUT2D eigenvalue weighted by atomic mass is 10.1. The Morgan fingerprint density at radius 3 is 2.72 bits per heavy atom. The standard InChI is InChI=1S/C19H20ClN3OS/c1-4-6-16-23-17(13-9-12(3)10-14(11-13)24-5-2)18(25-16)15-7-8-21-19(20)22-15/h7-11H,4-6H2,1-3H3. The van der Waals surface area contributed by atoms with Crippen LogP contribution in [0.25, 0.3) is 21.8 Å². The summed E-state index contributed by atoms with van der Waals surface area (Å²) in [6.07, 6.45) is 3.67. The van der Waals surface area contributed by atoms with Crippen LogP contribution in [0.1, 0.15) is 30.8 Å². The molecule has 0 aliphatic carbocycles. The summed E-state index contributed by atoms with van der Waals surface area (Å²) in [7, 11) is 0. The first-order chi connectivity index (χ1) is 12.1. The predicted octanol–water partition coefficient (Wildman–Crippen LogP) is 5.58. The van der Waals surface area contributed by atoms with Crippen LogP contribution in [0.15, 0.2) is 30.5 Å². The van der Waals surface area contributed by atoms with E-state index in [2.05, 4.69) is 29.9 Å². The van der Waals surface area contributed by atoms with Crippen molar-refractivity contribution in [3.05, 3.63) is 46.3 Å². The Bertz CT molecular complexity index is 879. The Morgan fingerprint density at radius 1 is 1.16 bits per heavy atom. The van der Waals surface area contributed by atoms with Gasteiger partial charge >= 0.3 is 0 Å². The molecule has 0 aliphatic rings. The average Bonchev–Trinajstić information content (AvgIpc) is 2.99. The molecule has 2 heterocycles. The largest absolute Gasteiger partial charge is 0.494 e. The van der Waals surface area contributed by atoms with Crippen LogP contribution in [0.2, 0.25) is 5.28 Å². The van der Waals surface area contributed by atoms with Crippen molar-refractivity contribution in [2.45, 2.75) is 33.6 Å². The number of hydrogen-bond donors (Lipinski definition) is 0. The molecular weight excluding hydrogens is 354 g/mol. The lowest BCUT2D eigenvalue weighted by Crippen LogP contribution is -1.94. The van der Waals surface area contributed by atoms with Crippen LogP contribution in [0, 0.1) is 6.92 Å². The minimum Gasteiger partial charge on any atom is -0.494 e. The Morgan fingerprint density at radius 2 is 2.00 bits per heavy atom. The second-order valence-corrected chi connectivity index (χ2v) is 7.14. The second-order valence-electron chi connectivity index (χ2n) is 5.71. The molecule has 25 heavy (non-hydrogen) atoms. The quantitative estimate of drug-likeness (QED) is 0.529. The van der Waals surface area contributed by atoms with E-state index in [4.69, 9.17) is 21.3 Å². The van der Waals surface area contributed by atoms with Crippen molar-refractivity contribution in [1.29, 1.82) is 0 Å². The van der Waals surface area contributed by atoms with E-state index in [9.17, 15) is 0 Å². The topological polar surface area (TPSA) is 47.9 Å². The van der Waals surface area contributed by atoms with E-state index in [0.717, 1.165) is 51.0 Å². The zero-order chi connectivity index (χ0) is 17.8. The van der Waals surface area contributed by atoms with Gasteiger partial charge in [0, 0.05) is 11.8 Å². The zero-order valence-electron chi connectivity index (χ0n) is 14.5. The van der Waals surface area contributed by atoms with E-state index in [1.54, 1.807) is 17.5 Å². The molecule has 0 radical (unpaired) electrons. The van der Waals surface area contributed by atoms with Gasteiger partial charge in [0.05, 0.1) is 27.9 Å². The third-order valence-corrected chi connectivity index (χ3v) is 4.95. The van der Waals surface area contributed by atoms with Crippen molar-refractivity contribution in [1.82, 2.24) is 15.0 Å². The van der Waals surface area contributed by atoms with Crippen molar-refractivity contribution < 1.29 is 4.74 Å². The van der Waals surface area contributed by atoms with E-state index < -0.39 is 0 Å². The molecule has 3 aromatic rings. The molecule has 3 rings (SSSR count). The number of ether oxygens (including phenoxy) is 1. The third-order valence-electron chi connectivity index (χ3n) is 3.63. The maximum atomic E-state index is 5.99. The summed E-state index contributed by atoms with van der Waals surface area (Å²) >= 11 is 7.66. The normalized spacial score (nSPS) is 10.9. The molecule has 0 unspecified atom stereocenters. The highest BCUT2D eigenvalue weighted by atomic mass is 35.5. The minimum absolute atomic E-state index is 0.244. The van der Waals surface area contributed by atoms with Crippen molar-refractivity contribution in [2.75, 3.05) is 6.61 Å². The van der Waals surface area contributed by atoms with Gasteiger partial charge in [0.15, 0.2) is 0 Å². The fourth-order valence-corrected chi connectivity index (χ4v) is 3.96. The maximum absolute atomic E-state index is 5.99. The van der Waals surface area contributed by atoms with Crippen LogP contribution in [0.5, 0.6) is 5.75 Å². The number of nitrogens with zero attached hydrogens (tertiary/aromatic N) is 3. The molecule has 0 aliphatic heterocycles. The lowest BCUT2D eigenvalue weighted by molar-refractivity contribution is 0.340. The van der Waals surface area contributed by atoms with Gasteiger partial charge in [-0.1, -0.05) is 6.92 Å². The maximum Gasteiger partial charge on any atom is 0.222 e. The van der Waals surface area contributed by atoms with Crippen LogP contribution in [0.4, 0.5) is 0 Å². The highest BCUT2D eigenvalue weighted by molar-refractivity contribution is 7.15. The van der Waals surface area contributed by atoms with E-state index in [-0.39, 0.29) is 5.28 Å². The molecule has 1 aromatic carbocycles. The van der Waals surface area contributed by atoms with Gasteiger partial charge in [-0.2, -0.15) is 0 Å². The Hall–Kier alpha value is -1.98. The van der Waals surface area contributed by atoms with Crippen LogP contribution in [-0.4, -0.2) is 21.6 Å². The average molecular weight is 374 g/mol. The smallest absolute Gasteiger partial charge is 0.222 e. The van der Waals surface area contributed by atoms with Crippen molar-refractivity contribution in [3.63, 3.8) is 0 Å². The van der Waals surface area contributed by atoms with Crippen LogP contribution in [-0.2, 0) is 6.42 Å². The molecule has 0 atom stereocenters. The monoisotopic (exact) mass is 373 g/mol. The molecule has 0 bridgehead atoms. The van der Waals surface area contributed by atoms with Gasteiger partial charge in [0.1, 0.15) is 5.75 Å². The first-order valence-electron chi connectivity index (χ1n) is 8.34. The number of rotatable bonds is 6. The molecule has 4 nitrogen and oxygen atoms in total. The molecule has 0 amide bonds.